The van der Waals surface area contributed by atoms with Crippen LogP contribution < -0.4 is 0 Å². The quantitative estimate of drug-likeness (QED) is 0.320. The zero-order valence-electron chi connectivity index (χ0n) is 17.2. The van der Waals surface area contributed by atoms with Gasteiger partial charge in [-0.2, -0.15) is 0 Å². The van der Waals surface area contributed by atoms with E-state index in [0.717, 1.165) is 6.54 Å². The number of hydrogen-bond donors (Lipinski definition) is 0. The van der Waals surface area contributed by atoms with E-state index in [4.69, 9.17) is 0 Å². The van der Waals surface area contributed by atoms with Gasteiger partial charge >= 0.3 is 0 Å². The minimum Gasteiger partial charge on any atom is -0.305 e. The van der Waals surface area contributed by atoms with Crippen molar-refractivity contribution in [1.82, 2.24) is 4.90 Å². The first-order chi connectivity index (χ1) is 14.7. The maximum Gasteiger partial charge on any atom is 0.0738 e. The molecule has 0 radical (unpaired) electrons. The molecule has 30 heavy (non-hydrogen) atoms. The topological polar surface area (TPSA) is 3.24 Å². The van der Waals surface area contributed by atoms with E-state index in [1.807, 2.05) is 11.8 Å². The Bertz CT molecular complexity index is 1240. The molecular weight excluding hydrogens is 382 g/mol. The highest BCUT2D eigenvalue weighted by Crippen LogP contribution is 2.62. The maximum absolute atomic E-state index is 2.35. The molecule has 0 bridgehead atoms. The fourth-order valence-electron chi connectivity index (χ4n) is 5.47. The molecule has 0 fully saturated rings. The van der Waals surface area contributed by atoms with Gasteiger partial charge in [-0.1, -0.05) is 90.6 Å². The van der Waals surface area contributed by atoms with E-state index in [1.165, 1.54) is 48.7 Å². The normalized spacial score (nSPS) is 14.9. The second-order valence-corrected chi connectivity index (χ2v) is 9.55. The molecule has 0 atom stereocenters. The van der Waals surface area contributed by atoms with Crippen molar-refractivity contribution in [3.63, 3.8) is 0 Å². The Balaban J connectivity index is 1.83. The van der Waals surface area contributed by atoms with Crippen molar-refractivity contribution >= 4 is 11.8 Å². The Labute approximate surface area is 182 Å². The molecule has 4 aromatic carbocycles. The van der Waals surface area contributed by atoms with E-state index >= 15 is 0 Å². The van der Waals surface area contributed by atoms with Gasteiger partial charge in [0.15, 0.2) is 0 Å². The fraction of sp³-hybridized carbons (Fsp3) is 0.143. The van der Waals surface area contributed by atoms with E-state index in [-0.39, 0.29) is 5.41 Å². The molecule has 4 aromatic rings. The van der Waals surface area contributed by atoms with E-state index in [0.29, 0.717) is 0 Å². The van der Waals surface area contributed by atoms with Gasteiger partial charge in [0.1, 0.15) is 0 Å². The first kappa shape index (κ1) is 18.0. The van der Waals surface area contributed by atoms with Crippen molar-refractivity contribution in [2.24, 2.45) is 0 Å². The highest BCUT2D eigenvalue weighted by Gasteiger charge is 2.50. The minimum atomic E-state index is -0.267. The van der Waals surface area contributed by atoms with E-state index in [2.05, 4.69) is 110 Å². The molecule has 1 aliphatic carbocycles. The zero-order valence-corrected chi connectivity index (χ0v) is 18.0. The number of benzene rings is 4. The summed E-state index contributed by atoms with van der Waals surface area (Å²) in [5.41, 5.74) is 9.57. The van der Waals surface area contributed by atoms with Gasteiger partial charge in [0.05, 0.1) is 5.41 Å². The lowest BCUT2D eigenvalue weighted by molar-refractivity contribution is 0.399. The van der Waals surface area contributed by atoms with Crippen molar-refractivity contribution in [2.75, 3.05) is 14.1 Å². The van der Waals surface area contributed by atoms with Crippen molar-refractivity contribution in [3.05, 3.63) is 119 Å². The molecule has 0 saturated carbocycles. The van der Waals surface area contributed by atoms with E-state index in [9.17, 15) is 0 Å². The third kappa shape index (κ3) is 2.29. The molecule has 0 aromatic heterocycles. The first-order valence-electron chi connectivity index (χ1n) is 10.4. The molecule has 2 heteroatoms. The van der Waals surface area contributed by atoms with Crippen LogP contribution in [0.1, 0.15) is 27.8 Å². The van der Waals surface area contributed by atoms with Crippen LogP contribution in [0.3, 0.4) is 0 Å². The first-order valence-corrected chi connectivity index (χ1v) is 11.3. The van der Waals surface area contributed by atoms with Crippen LogP contribution in [0.4, 0.5) is 0 Å². The predicted octanol–water partition coefficient (Wildman–Crippen LogP) is 6.58. The molecule has 1 heterocycles. The monoisotopic (exact) mass is 405 g/mol. The van der Waals surface area contributed by atoms with Crippen LogP contribution in [0, 0.1) is 0 Å². The predicted molar refractivity (Wildman–Crippen MR) is 125 cm³/mol. The van der Waals surface area contributed by atoms with Gasteiger partial charge in [0.2, 0.25) is 0 Å². The van der Waals surface area contributed by atoms with Gasteiger partial charge in [0, 0.05) is 16.3 Å². The molecule has 0 unspecified atom stereocenters. The Morgan fingerprint density at radius 1 is 0.633 bits per heavy atom. The van der Waals surface area contributed by atoms with E-state index < -0.39 is 0 Å². The second-order valence-electron chi connectivity index (χ2n) is 8.47. The number of fused-ring (bicyclic) bond motifs is 9. The third-order valence-electron chi connectivity index (χ3n) is 6.44. The summed E-state index contributed by atoms with van der Waals surface area (Å²) >= 11 is 1.90. The Kier molecular flexibility index (Phi) is 3.96. The molecule has 0 amide bonds. The molecular formula is C28H23NS. The maximum atomic E-state index is 2.35. The summed E-state index contributed by atoms with van der Waals surface area (Å²) in [6.45, 7) is 0.927. The lowest BCUT2D eigenvalue weighted by Gasteiger charge is -2.40. The summed E-state index contributed by atoms with van der Waals surface area (Å²) in [6, 6.07) is 33.9. The van der Waals surface area contributed by atoms with Gasteiger partial charge in [-0.15, -0.1) is 0 Å². The molecule has 146 valence electrons. The van der Waals surface area contributed by atoms with Crippen molar-refractivity contribution in [1.29, 1.82) is 0 Å². The summed E-state index contributed by atoms with van der Waals surface area (Å²) in [7, 11) is 4.32. The highest BCUT2D eigenvalue weighted by atomic mass is 32.2. The third-order valence-corrected chi connectivity index (χ3v) is 7.59. The van der Waals surface area contributed by atoms with Gasteiger partial charge < -0.3 is 4.90 Å². The summed E-state index contributed by atoms with van der Waals surface area (Å²) in [5.74, 6) is 0. The Hall–Kier alpha value is -2.81. The summed E-state index contributed by atoms with van der Waals surface area (Å²) in [5, 5.41) is 0. The van der Waals surface area contributed by atoms with Gasteiger partial charge in [-0.05, 0) is 65.2 Å². The van der Waals surface area contributed by atoms with Crippen molar-refractivity contribution in [3.8, 4) is 11.1 Å². The molecule has 1 nitrogen and oxygen atoms in total. The lowest BCUT2D eigenvalue weighted by atomic mass is 9.66. The van der Waals surface area contributed by atoms with Crippen LogP contribution in [0.2, 0.25) is 0 Å². The Morgan fingerprint density at radius 3 is 1.87 bits per heavy atom. The average molecular weight is 406 g/mol. The largest absolute Gasteiger partial charge is 0.305 e. The second kappa shape index (κ2) is 6.60. The van der Waals surface area contributed by atoms with Crippen LogP contribution in [0.25, 0.3) is 11.1 Å². The van der Waals surface area contributed by atoms with Crippen LogP contribution in [-0.4, -0.2) is 19.0 Å². The summed E-state index contributed by atoms with van der Waals surface area (Å²) in [4.78, 5) is 5.00. The smallest absolute Gasteiger partial charge is 0.0738 e. The van der Waals surface area contributed by atoms with Crippen LogP contribution in [0.15, 0.2) is 101 Å². The van der Waals surface area contributed by atoms with Gasteiger partial charge in [-0.25, -0.2) is 0 Å². The van der Waals surface area contributed by atoms with Crippen molar-refractivity contribution in [2.45, 2.75) is 21.8 Å². The summed E-state index contributed by atoms with van der Waals surface area (Å²) in [6.07, 6.45) is 0. The minimum absolute atomic E-state index is 0.267. The molecule has 0 saturated heterocycles. The van der Waals surface area contributed by atoms with Gasteiger partial charge in [0.25, 0.3) is 0 Å². The molecule has 1 aliphatic heterocycles. The molecule has 0 N–H and O–H groups in total. The SMILES string of the molecule is CN(C)Cc1cccc2c1C1(c3ccccc3Sc3ccccc31)c1ccccc1-2. The average Bonchev–Trinajstić information content (AvgIpc) is 3.06. The Morgan fingerprint density at radius 2 is 1.20 bits per heavy atom. The van der Waals surface area contributed by atoms with E-state index in [1.54, 1.807) is 0 Å². The zero-order chi connectivity index (χ0) is 20.3. The molecule has 6 rings (SSSR count). The highest BCUT2D eigenvalue weighted by molar-refractivity contribution is 7.99. The molecule has 2 aliphatic rings. The number of nitrogens with zero attached hydrogens (tertiary/aromatic N) is 1. The van der Waals surface area contributed by atoms with Crippen LogP contribution >= 0.6 is 11.8 Å². The lowest BCUT2D eigenvalue weighted by Crippen LogP contribution is -2.33. The standard InChI is InChI=1S/C28H23NS/c1-29(2)18-19-10-9-12-21-20-11-3-4-13-22(20)28(27(19)21)23-14-5-7-16-25(23)30-26-17-8-6-15-24(26)28/h3-17H,18H2,1-2H3. The van der Waals surface area contributed by atoms with Crippen LogP contribution in [-0.2, 0) is 12.0 Å². The summed E-state index contributed by atoms with van der Waals surface area (Å²) < 4.78 is 0. The van der Waals surface area contributed by atoms with Crippen LogP contribution in [0.5, 0.6) is 0 Å². The van der Waals surface area contributed by atoms with Gasteiger partial charge in [-0.3, -0.25) is 0 Å². The molecule has 1 spiro atoms. The fourth-order valence-corrected chi connectivity index (χ4v) is 6.67. The van der Waals surface area contributed by atoms with Crippen molar-refractivity contribution < 1.29 is 0 Å². The number of rotatable bonds is 2. The number of hydrogen-bond acceptors (Lipinski definition) is 2.